The molecular weight excluding hydrogens is 470 g/mol. The zero-order valence-electron chi connectivity index (χ0n) is 21.9. The maximum atomic E-state index is 11.7. The molecule has 0 saturated carbocycles. The number of nitrogens with one attached hydrogen (secondary N) is 3. The summed E-state index contributed by atoms with van der Waals surface area (Å²) in [6, 6.07) is 4.20. The molecule has 0 bridgehead atoms. The van der Waals surface area contributed by atoms with Gasteiger partial charge < -0.3 is 30.3 Å². The fourth-order valence-corrected chi connectivity index (χ4v) is 3.86. The third kappa shape index (κ3) is 12.3. The van der Waals surface area contributed by atoms with Crippen LogP contribution in [0.5, 0.6) is 0 Å². The number of halogens is 1. The molecule has 10 heteroatoms. The van der Waals surface area contributed by atoms with Crippen LogP contribution in [0.3, 0.4) is 0 Å². The van der Waals surface area contributed by atoms with Crippen LogP contribution in [-0.4, -0.2) is 66.6 Å². The van der Waals surface area contributed by atoms with Crippen molar-refractivity contribution in [1.29, 1.82) is 0 Å². The quantitative estimate of drug-likeness (QED) is 0.513. The first-order valence-corrected chi connectivity index (χ1v) is 12.7. The lowest BCUT2D eigenvalue weighted by atomic mass is 10.0. The second-order valence-corrected chi connectivity index (χ2v) is 11.3. The molecule has 2 saturated heterocycles. The summed E-state index contributed by atoms with van der Waals surface area (Å²) >= 11 is 5.79. The molecule has 0 spiro atoms. The van der Waals surface area contributed by atoms with E-state index in [4.69, 9.17) is 21.1 Å². The molecule has 3 rings (SSSR count). The van der Waals surface area contributed by atoms with E-state index in [1.54, 1.807) is 12.3 Å². The Bertz CT molecular complexity index is 794. The molecule has 3 heterocycles. The molecule has 2 aliphatic rings. The van der Waals surface area contributed by atoms with E-state index < -0.39 is 11.2 Å². The average Bonchev–Trinajstić information content (AvgIpc) is 2.73. The lowest BCUT2D eigenvalue weighted by Crippen LogP contribution is -2.46. The topological polar surface area (TPSA) is 105 Å². The number of rotatable bonds is 3. The molecule has 2 aliphatic heterocycles. The number of amides is 2. The molecule has 3 N–H and O–H groups in total. The maximum absolute atomic E-state index is 11.7. The summed E-state index contributed by atoms with van der Waals surface area (Å²) in [7, 11) is 0. The fraction of sp³-hybridized carbons (Fsp3) is 0.720. The van der Waals surface area contributed by atoms with Gasteiger partial charge in [0.05, 0.1) is 11.9 Å². The molecule has 1 aromatic heterocycles. The van der Waals surface area contributed by atoms with Crippen molar-refractivity contribution in [2.24, 2.45) is 0 Å². The van der Waals surface area contributed by atoms with Crippen LogP contribution in [0.2, 0.25) is 5.15 Å². The molecule has 9 nitrogen and oxygen atoms in total. The predicted molar refractivity (Wildman–Crippen MR) is 139 cm³/mol. The van der Waals surface area contributed by atoms with Crippen LogP contribution in [-0.2, 0) is 9.47 Å². The van der Waals surface area contributed by atoms with E-state index in [0.29, 0.717) is 5.15 Å². The zero-order valence-corrected chi connectivity index (χ0v) is 22.7. The highest BCUT2D eigenvalue weighted by Crippen LogP contribution is 2.20. The van der Waals surface area contributed by atoms with Crippen LogP contribution in [0.15, 0.2) is 18.3 Å². The van der Waals surface area contributed by atoms with Gasteiger partial charge in [0.1, 0.15) is 16.4 Å². The summed E-state index contributed by atoms with van der Waals surface area (Å²) in [6.07, 6.45) is 4.89. The molecule has 0 radical (unpaired) electrons. The Morgan fingerprint density at radius 1 is 0.914 bits per heavy atom. The largest absolute Gasteiger partial charge is 0.444 e. The van der Waals surface area contributed by atoms with Gasteiger partial charge >= 0.3 is 12.2 Å². The predicted octanol–water partition coefficient (Wildman–Crippen LogP) is 4.49. The lowest BCUT2D eigenvalue weighted by molar-refractivity contribution is 0.0484. The highest BCUT2D eigenvalue weighted by Gasteiger charge is 2.24. The minimum absolute atomic E-state index is 0.163. The molecule has 0 atom stereocenters. The lowest BCUT2D eigenvalue weighted by Gasteiger charge is -2.34. The Morgan fingerprint density at radius 3 is 1.83 bits per heavy atom. The first-order valence-electron chi connectivity index (χ1n) is 12.4. The number of pyridine rings is 1. The van der Waals surface area contributed by atoms with Gasteiger partial charge in [-0.1, -0.05) is 11.6 Å². The van der Waals surface area contributed by atoms with Crippen LogP contribution < -0.4 is 20.9 Å². The van der Waals surface area contributed by atoms with E-state index in [2.05, 4.69) is 25.8 Å². The Hall–Kier alpha value is -2.26. The molecule has 0 aromatic carbocycles. The summed E-state index contributed by atoms with van der Waals surface area (Å²) in [5.74, 6) is 0. The number of ether oxygens (including phenoxy) is 2. The summed E-state index contributed by atoms with van der Waals surface area (Å²) in [5.41, 5.74) is 0.201. The molecule has 0 unspecified atom stereocenters. The van der Waals surface area contributed by atoms with E-state index >= 15 is 0 Å². The maximum Gasteiger partial charge on any atom is 0.407 e. The number of carbonyl (C=O) groups excluding carboxylic acids is 2. The number of piperidine rings is 2. The average molecular weight is 512 g/mol. The number of alkyl carbamates (subject to hydrolysis) is 2. The van der Waals surface area contributed by atoms with Gasteiger partial charge in [0.15, 0.2) is 0 Å². The van der Waals surface area contributed by atoms with Gasteiger partial charge in [-0.15, -0.1) is 0 Å². The van der Waals surface area contributed by atoms with Crippen molar-refractivity contribution in [1.82, 2.24) is 20.9 Å². The highest BCUT2D eigenvalue weighted by molar-refractivity contribution is 6.29. The number of hydrogen-bond acceptors (Lipinski definition) is 7. The van der Waals surface area contributed by atoms with Crippen LogP contribution >= 0.6 is 11.6 Å². The second kappa shape index (κ2) is 13.2. The number of nitrogens with zero attached hydrogens (tertiary/aromatic N) is 2. The van der Waals surface area contributed by atoms with E-state index in [0.717, 1.165) is 57.5 Å². The molecule has 35 heavy (non-hydrogen) atoms. The minimum atomic E-state index is -0.459. The summed E-state index contributed by atoms with van der Waals surface area (Å²) in [4.78, 5) is 29.5. The van der Waals surface area contributed by atoms with Gasteiger partial charge in [-0.05, 0) is 92.4 Å². The Labute approximate surface area is 214 Å². The summed E-state index contributed by atoms with van der Waals surface area (Å²) in [5, 5.41) is 9.55. The van der Waals surface area contributed by atoms with Crippen molar-refractivity contribution in [2.75, 3.05) is 31.1 Å². The first-order chi connectivity index (χ1) is 16.3. The highest BCUT2D eigenvalue weighted by atomic mass is 35.5. The van der Waals surface area contributed by atoms with Gasteiger partial charge in [-0.2, -0.15) is 0 Å². The van der Waals surface area contributed by atoms with Crippen molar-refractivity contribution in [3.05, 3.63) is 23.5 Å². The van der Waals surface area contributed by atoms with Crippen LogP contribution in [0, 0.1) is 0 Å². The van der Waals surface area contributed by atoms with Gasteiger partial charge in [0.2, 0.25) is 0 Å². The number of aromatic nitrogens is 1. The van der Waals surface area contributed by atoms with Crippen molar-refractivity contribution >= 4 is 29.5 Å². The molecule has 198 valence electrons. The summed E-state index contributed by atoms with van der Waals surface area (Å²) < 4.78 is 10.4. The third-order valence-electron chi connectivity index (χ3n) is 5.35. The van der Waals surface area contributed by atoms with Crippen molar-refractivity contribution < 1.29 is 19.1 Å². The van der Waals surface area contributed by atoms with Crippen molar-refractivity contribution in [3.8, 4) is 0 Å². The number of hydrogen-bond donors (Lipinski definition) is 3. The SMILES string of the molecule is CC(C)(C)OC(=O)NC1CCN(c2ccc(Cl)nc2)CC1.CC(C)(C)OC(=O)NC1CCNCC1. The molecule has 0 aliphatic carbocycles. The molecule has 1 aromatic rings. The Kier molecular flexibility index (Phi) is 10.9. The van der Waals surface area contributed by atoms with Crippen LogP contribution in [0.4, 0.5) is 15.3 Å². The van der Waals surface area contributed by atoms with Crippen LogP contribution in [0.1, 0.15) is 67.2 Å². The standard InChI is InChI=1S/C15H22ClN3O2.C10H20N2O2/c1-15(2,3)21-14(20)18-11-6-8-19(9-7-11)12-4-5-13(16)17-10-12;1-10(2,3)14-9(13)12-8-4-6-11-7-5-8/h4-5,10-11H,6-9H2,1-3H3,(H,18,20);8,11H,4-7H2,1-3H3,(H,12,13). The monoisotopic (exact) mass is 511 g/mol. The van der Waals surface area contributed by atoms with Crippen molar-refractivity contribution in [2.45, 2.75) is 90.5 Å². The smallest absolute Gasteiger partial charge is 0.407 e. The second-order valence-electron chi connectivity index (χ2n) is 10.9. The third-order valence-corrected chi connectivity index (χ3v) is 5.58. The molecule has 2 amide bonds. The van der Waals surface area contributed by atoms with Crippen molar-refractivity contribution in [3.63, 3.8) is 0 Å². The number of anilines is 1. The fourth-order valence-electron chi connectivity index (χ4n) is 3.75. The van der Waals surface area contributed by atoms with Gasteiger partial charge in [-0.3, -0.25) is 0 Å². The van der Waals surface area contributed by atoms with E-state index in [-0.39, 0.29) is 24.3 Å². The minimum Gasteiger partial charge on any atom is -0.444 e. The Balaban J connectivity index is 0.000000269. The molecular formula is C25H42ClN5O4. The van der Waals surface area contributed by atoms with Gasteiger partial charge in [-0.25, -0.2) is 14.6 Å². The number of carbonyl (C=O) groups is 2. The zero-order chi connectivity index (χ0) is 26.1. The molecule has 2 fully saturated rings. The van der Waals surface area contributed by atoms with E-state index in [1.807, 2.05) is 47.6 Å². The summed E-state index contributed by atoms with van der Waals surface area (Å²) in [6.45, 7) is 14.9. The normalized spacial score (nSPS) is 17.6. The Morgan fingerprint density at radius 2 is 1.40 bits per heavy atom. The van der Waals surface area contributed by atoms with Gasteiger partial charge in [0, 0.05) is 25.2 Å². The first kappa shape index (κ1) is 29.0. The van der Waals surface area contributed by atoms with E-state index in [9.17, 15) is 9.59 Å². The van der Waals surface area contributed by atoms with Crippen LogP contribution in [0.25, 0.3) is 0 Å². The van der Waals surface area contributed by atoms with Gasteiger partial charge in [0.25, 0.3) is 0 Å². The van der Waals surface area contributed by atoms with E-state index in [1.165, 1.54) is 0 Å².